The van der Waals surface area contributed by atoms with Crippen LogP contribution in [0, 0.1) is 0 Å². The van der Waals surface area contributed by atoms with Gasteiger partial charge in [0.15, 0.2) is 0 Å². The zero-order valence-electron chi connectivity index (χ0n) is 16.6. The molecule has 1 aliphatic rings. The van der Waals surface area contributed by atoms with Gasteiger partial charge in [-0.15, -0.1) is 0 Å². The van der Waals surface area contributed by atoms with E-state index >= 15 is 0 Å². The van der Waals surface area contributed by atoms with Crippen LogP contribution in [0.1, 0.15) is 55.4 Å². The van der Waals surface area contributed by atoms with Crippen molar-refractivity contribution in [3.63, 3.8) is 0 Å². The number of rotatable bonds is 9. The van der Waals surface area contributed by atoms with E-state index in [4.69, 9.17) is 4.74 Å². The van der Waals surface area contributed by atoms with Crippen LogP contribution >= 0.6 is 0 Å². The molecule has 0 spiro atoms. The summed E-state index contributed by atoms with van der Waals surface area (Å²) in [5.74, 6) is 0.936. The standard InChI is InChI=1S/C24H33NO2/c1-2-3-17-27-22-12-13-23-21(18-22)14-16-25(19-24(23)26)15-8-7-11-20-9-5-4-6-10-20/h4-6,9-10,12-13,18,24,26H,2-3,7-8,11,14-17,19H2,1H3. The third-order valence-corrected chi connectivity index (χ3v) is 5.40. The van der Waals surface area contributed by atoms with Gasteiger partial charge in [0, 0.05) is 13.1 Å². The molecule has 1 unspecified atom stereocenters. The van der Waals surface area contributed by atoms with Gasteiger partial charge < -0.3 is 14.7 Å². The first kappa shape index (κ1) is 19.9. The van der Waals surface area contributed by atoms with Crippen molar-refractivity contribution >= 4 is 0 Å². The third-order valence-electron chi connectivity index (χ3n) is 5.40. The molecule has 1 heterocycles. The molecule has 0 aromatic heterocycles. The number of fused-ring (bicyclic) bond motifs is 1. The fourth-order valence-corrected chi connectivity index (χ4v) is 3.77. The third kappa shape index (κ3) is 6.08. The number of nitrogens with zero attached hydrogens (tertiary/aromatic N) is 1. The molecule has 146 valence electrons. The smallest absolute Gasteiger partial charge is 0.119 e. The van der Waals surface area contributed by atoms with E-state index in [-0.39, 0.29) is 0 Å². The molecule has 2 aromatic carbocycles. The van der Waals surface area contributed by atoms with Gasteiger partial charge in [0.05, 0.1) is 12.7 Å². The Morgan fingerprint density at radius 3 is 2.74 bits per heavy atom. The highest BCUT2D eigenvalue weighted by atomic mass is 16.5. The predicted molar refractivity (Wildman–Crippen MR) is 111 cm³/mol. The lowest BCUT2D eigenvalue weighted by Gasteiger charge is -2.22. The highest BCUT2D eigenvalue weighted by molar-refractivity contribution is 5.38. The number of hydrogen-bond donors (Lipinski definition) is 1. The first-order chi connectivity index (χ1) is 13.3. The van der Waals surface area contributed by atoms with E-state index < -0.39 is 6.10 Å². The van der Waals surface area contributed by atoms with Crippen LogP contribution in [0.3, 0.4) is 0 Å². The van der Waals surface area contributed by atoms with E-state index in [1.165, 1.54) is 24.0 Å². The highest BCUT2D eigenvalue weighted by Crippen LogP contribution is 2.27. The Morgan fingerprint density at radius 2 is 1.93 bits per heavy atom. The Balaban J connectivity index is 1.48. The second-order valence-electron chi connectivity index (χ2n) is 7.57. The number of aliphatic hydroxyl groups is 1. The molecule has 0 saturated carbocycles. The lowest BCUT2D eigenvalue weighted by Crippen LogP contribution is -2.29. The summed E-state index contributed by atoms with van der Waals surface area (Å²) >= 11 is 0. The van der Waals surface area contributed by atoms with Gasteiger partial charge in [-0.3, -0.25) is 0 Å². The molecular formula is C24H33NO2. The first-order valence-corrected chi connectivity index (χ1v) is 10.5. The summed E-state index contributed by atoms with van der Waals surface area (Å²) in [6.07, 6.45) is 6.30. The predicted octanol–water partition coefficient (Wildman–Crippen LogP) is 4.78. The van der Waals surface area contributed by atoms with Crippen molar-refractivity contribution in [2.45, 2.75) is 51.6 Å². The van der Waals surface area contributed by atoms with Crippen LogP contribution in [0.15, 0.2) is 48.5 Å². The average Bonchev–Trinajstić information content (AvgIpc) is 2.85. The fraction of sp³-hybridized carbons (Fsp3) is 0.500. The molecule has 1 N–H and O–H groups in total. The Hall–Kier alpha value is -1.84. The van der Waals surface area contributed by atoms with Gasteiger partial charge in [0.1, 0.15) is 5.75 Å². The Labute approximate surface area is 164 Å². The lowest BCUT2D eigenvalue weighted by molar-refractivity contribution is 0.119. The molecule has 0 fully saturated rings. The summed E-state index contributed by atoms with van der Waals surface area (Å²) in [4.78, 5) is 2.41. The normalized spacial score (nSPS) is 17.3. The summed E-state index contributed by atoms with van der Waals surface area (Å²) in [7, 11) is 0. The first-order valence-electron chi connectivity index (χ1n) is 10.5. The van der Waals surface area contributed by atoms with Crippen LogP contribution in [0.2, 0.25) is 0 Å². The second-order valence-corrected chi connectivity index (χ2v) is 7.57. The summed E-state index contributed by atoms with van der Waals surface area (Å²) in [6, 6.07) is 16.9. The summed E-state index contributed by atoms with van der Waals surface area (Å²) in [5, 5.41) is 10.7. The van der Waals surface area contributed by atoms with Crippen LogP contribution in [0.4, 0.5) is 0 Å². The number of aryl methyl sites for hydroxylation is 1. The van der Waals surface area contributed by atoms with E-state index in [0.29, 0.717) is 0 Å². The number of benzene rings is 2. The van der Waals surface area contributed by atoms with E-state index in [1.807, 2.05) is 6.07 Å². The van der Waals surface area contributed by atoms with Crippen molar-refractivity contribution in [1.29, 1.82) is 0 Å². The molecule has 3 heteroatoms. The Kier molecular flexibility index (Phi) is 7.73. The van der Waals surface area contributed by atoms with Crippen molar-refractivity contribution in [3.05, 3.63) is 65.2 Å². The monoisotopic (exact) mass is 367 g/mol. The van der Waals surface area contributed by atoms with Crippen molar-refractivity contribution in [2.24, 2.45) is 0 Å². The summed E-state index contributed by atoms with van der Waals surface area (Å²) in [6.45, 7) is 5.73. The van der Waals surface area contributed by atoms with Gasteiger partial charge in [-0.05, 0) is 67.5 Å². The zero-order chi connectivity index (χ0) is 18.9. The van der Waals surface area contributed by atoms with E-state index in [2.05, 4.69) is 54.3 Å². The maximum absolute atomic E-state index is 10.7. The maximum Gasteiger partial charge on any atom is 0.119 e. The molecule has 2 aromatic rings. The van der Waals surface area contributed by atoms with Crippen LogP contribution in [-0.2, 0) is 12.8 Å². The minimum Gasteiger partial charge on any atom is -0.494 e. The summed E-state index contributed by atoms with van der Waals surface area (Å²) in [5.41, 5.74) is 3.73. The minimum absolute atomic E-state index is 0.402. The summed E-state index contributed by atoms with van der Waals surface area (Å²) < 4.78 is 5.84. The van der Waals surface area contributed by atoms with E-state index in [0.717, 1.165) is 63.2 Å². The molecule has 0 radical (unpaired) electrons. The molecule has 0 bridgehead atoms. The molecule has 27 heavy (non-hydrogen) atoms. The van der Waals surface area contributed by atoms with Gasteiger partial charge in [-0.25, -0.2) is 0 Å². The Bertz CT molecular complexity index is 686. The molecule has 0 saturated heterocycles. The van der Waals surface area contributed by atoms with Crippen molar-refractivity contribution in [1.82, 2.24) is 4.90 Å². The van der Waals surface area contributed by atoms with Crippen LogP contribution in [0.5, 0.6) is 5.75 Å². The quantitative estimate of drug-likeness (QED) is 0.648. The van der Waals surface area contributed by atoms with Gasteiger partial charge in [0.2, 0.25) is 0 Å². The molecule has 0 aliphatic carbocycles. The zero-order valence-corrected chi connectivity index (χ0v) is 16.6. The lowest BCUT2D eigenvalue weighted by atomic mass is 10.0. The van der Waals surface area contributed by atoms with Crippen LogP contribution in [0.25, 0.3) is 0 Å². The number of β-amino-alcohol motifs (C(OH)–C–C–N with tert-alkyl or cyclic N) is 1. The fourth-order valence-electron chi connectivity index (χ4n) is 3.77. The maximum atomic E-state index is 10.7. The number of unbranched alkanes of at least 4 members (excludes halogenated alkanes) is 2. The van der Waals surface area contributed by atoms with E-state index in [1.54, 1.807) is 0 Å². The van der Waals surface area contributed by atoms with Gasteiger partial charge in [-0.1, -0.05) is 49.7 Å². The molecule has 1 atom stereocenters. The number of hydrogen-bond acceptors (Lipinski definition) is 3. The second kappa shape index (κ2) is 10.5. The molecule has 3 nitrogen and oxygen atoms in total. The molecule has 0 amide bonds. The van der Waals surface area contributed by atoms with Gasteiger partial charge in [-0.2, -0.15) is 0 Å². The largest absolute Gasteiger partial charge is 0.494 e. The number of ether oxygens (including phenoxy) is 1. The van der Waals surface area contributed by atoms with Crippen LogP contribution < -0.4 is 4.74 Å². The average molecular weight is 368 g/mol. The highest BCUT2D eigenvalue weighted by Gasteiger charge is 2.21. The topological polar surface area (TPSA) is 32.7 Å². The molecular weight excluding hydrogens is 334 g/mol. The van der Waals surface area contributed by atoms with E-state index in [9.17, 15) is 5.11 Å². The molecule has 1 aliphatic heterocycles. The molecule has 3 rings (SSSR count). The van der Waals surface area contributed by atoms with Crippen molar-refractivity contribution < 1.29 is 9.84 Å². The van der Waals surface area contributed by atoms with Gasteiger partial charge in [0.25, 0.3) is 0 Å². The minimum atomic E-state index is -0.402. The SMILES string of the molecule is CCCCOc1ccc2c(c1)CCN(CCCCc1ccccc1)CC2O. The van der Waals surface area contributed by atoms with Crippen molar-refractivity contribution in [3.8, 4) is 5.75 Å². The van der Waals surface area contributed by atoms with Crippen LogP contribution in [-0.4, -0.2) is 36.2 Å². The van der Waals surface area contributed by atoms with Crippen molar-refractivity contribution in [2.75, 3.05) is 26.2 Å². The number of aliphatic hydroxyl groups excluding tert-OH is 1. The Morgan fingerprint density at radius 1 is 1.07 bits per heavy atom. The van der Waals surface area contributed by atoms with Gasteiger partial charge >= 0.3 is 0 Å².